The quantitative estimate of drug-likeness (QED) is 0.333. The van der Waals surface area contributed by atoms with Crippen molar-refractivity contribution in [2.75, 3.05) is 6.61 Å². The number of carbonyl (C=O) groups excluding carboxylic acids is 1. The van der Waals surface area contributed by atoms with Gasteiger partial charge in [-0.05, 0) is 25.0 Å². The second-order valence-corrected chi connectivity index (χ2v) is 3.78. The fraction of sp³-hybridized carbons (Fsp3) is 0.333. The first-order valence-corrected chi connectivity index (χ1v) is 5.64. The number of nitrogens with zero attached hydrogens (tertiary/aromatic N) is 1. The molecule has 0 saturated carbocycles. The molecule has 0 atom stereocenters. The Morgan fingerprint density at radius 2 is 1.84 bits per heavy atom. The molecule has 0 spiro atoms. The minimum absolute atomic E-state index is 0.0144. The topological polar surface area (TPSA) is 107 Å². The molecule has 0 aliphatic carbocycles. The second kappa shape index (κ2) is 7.10. The van der Waals surface area contributed by atoms with E-state index in [-0.39, 0.29) is 12.1 Å². The van der Waals surface area contributed by atoms with Gasteiger partial charge in [-0.3, -0.25) is 14.9 Å². The van der Waals surface area contributed by atoms with Crippen LogP contribution in [0.2, 0.25) is 0 Å². The summed E-state index contributed by atoms with van der Waals surface area (Å²) in [6, 6.07) is 5.65. The Hall–Kier alpha value is -2.44. The van der Waals surface area contributed by atoms with E-state index in [0.29, 0.717) is 25.2 Å². The van der Waals surface area contributed by atoms with E-state index in [4.69, 9.17) is 9.84 Å². The first kappa shape index (κ1) is 14.6. The summed E-state index contributed by atoms with van der Waals surface area (Å²) in [6.07, 6.45) is 0.951. The third-order valence-electron chi connectivity index (χ3n) is 2.35. The minimum Gasteiger partial charge on any atom is -0.494 e. The number of hydrogen-bond acceptors (Lipinski definition) is 5. The van der Waals surface area contributed by atoms with Crippen LogP contribution < -0.4 is 4.74 Å². The number of unbranched alkanes of at least 4 members (excludes halogenated alkanes) is 1. The highest BCUT2D eigenvalue weighted by molar-refractivity contribution is 6.32. The van der Waals surface area contributed by atoms with Gasteiger partial charge in [-0.2, -0.15) is 0 Å². The summed E-state index contributed by atoms with van der Waals surface area (Å²) in [5.41, 5.74) is -0.0144. The molecule has 0 fully saturated rings. The lowest BCUT2D eigenvalue weighted by molar-refractivity contribution is -0.384. The van der Waals surface area contributed by atoms with Crippen molar-refractivity contribution in [1.29, 1.82) is 0 Å². The van der Waals surface area contributed by atoms with E-state index < -0.39 is 16.7 Å². The van der Waals surface area contributed by atoms with Crippen molar-refractivity contribution < 1.29 is 24.4 Å². The SMILES string of the molecule is O=C(O)C(=O)CCCCOc1ccc([N+](=O)[O-])cc1. The summed E-state index contributed by atoms with van der Waals surface area (Å²) in [4.78, 5) is 30.9. The number of rotatable bonds is 8. The summed E-state index contributed by atoms with van der Waals surface area (Å²) in [5, 5.41) is 18.8. The van der Waals surface area contributed by atoms with Gasteiger partial charge in [0.2, 0.25) is 5.78 Å². The Balaban J connectivity index is 2.24. The molecule has 0 radical (unpaired) electrons. The number of non-ortho nitro benzene ring substituents is 1. The number of hydrogen-bond donors (Lipinski definition) is 1. The third-order valence-corrected chi connectivity index (χ3v) is 2.35. The van der Waals surface area contributed by atoms with Gasteiger partial charge in [0.05, 0.1) is 11.5 Å². The van der Waals surface area contributed by atoms with Crippen molar-refractivity contribution in [3.05, 3.63) is 34.4 Å². The van der Waals surface area contributed by atoms with Gasteiger partial charge in [0.1, 0.15) is 5.75 Å². The van der Waals surface area contributed by atoms with E-state index in [1.54, 1.807) is 0 Å². The molecule has 7 heteroatoms. The zero-order chi connectivity index (χ0) is 14.3. The van der Waals surface area contributed by atoms with E-state index in [9.17, 15) is 19.7 Å². The number of carbonyl (C=O) groups is 2. The zero-order valence-corrected chi connectivity index (χ0v) is 10.1. The molecule has 0 unspecified atom stereocenters. The molecule has 0 aliphatic heterocycles. The molecular formula is C12H13NO6. The Bertz CT molecular complexity index is 468. The van der Waals surface area contributed by atoms with Gasteiger partial charge in [0.15, 0.2) is 0 Å². The minimum atomic E-state index is -1.42. The van der Waals surface area contributed by atoms with Crippen molar-refractivity contribution in [3.8, 4) is 5.75 Å². The smallest absolute Gasteiger partial charge is 0.372 e. The Morgan fingerprint density at radius 3 is 2.37 bits per heavy atom. The van der Waals surface area contributed by atoms with Crippen molar-refractivity contribution in [3.63, 3.8) is 0 Å². The zero-order valence-electron chi connectivity index (χ0n) is 10.1. The molecule has 0 heterocycles. The largest absolute Gasteiger partial charge is 0.494 e. The molecule has 19 heavy (non-hydrogen) atoms. The molecule has 1 rings (SSSR count). The van der Waals surface area contributed by atoms with Gasteiger partial charge >= 0.3 is 5.97 Å². The molecule has 0 saturated heterocycles. The molecule has 1 aromatic carbocycles. The Morgan fingerprint density at radius 1 is 1.21 bits per heavy atom. The number of benzene rings is 1. The van der Waals surface area contributed by atoms with Crippen LogP contribution in [0.4, 0.5) is 5.69 Å². The van der Waals surface area contributed by atoms with Crippen molar-refractivity contribution in [2.24, 2.45) is 0 Å². The van der Waals surface area contributed by atoms with Crippen molar-refractivity contribution >= 4 is 17.4 Å². The van der Waals surface area contributed by atoms with E-state index in [0.717, 1.165) is 0 Å². The van der Waals surface area contributed by atoms with Gasteiger partial charge in [-0.15, -0.1) is 0 Å². The number of Topliss-reactive ketones (excluding diaryl/α,β-unsaturated/α-hetero) is 1. The number of aliphatic carboxylic acids is 1. The van der Waals surface area contributed by atoms with Crippen LogP contribution in [0.1, 0.15) is 19.3 Å². The summed E-state index contributed by atoms with van der Waals surface area (Å²) in [7, 11) is 0. The standard InChI is InChI=1S/C12H13NO6/c14-11(12(15)16)3-1-2-8-19-10-6-4-9(5-7-10)13(17)18/h4-7H,1-3,8H2,(H,15,16). The number of ether oxygens (including phenoxy) is 1. The Labute approximate surface area is 109 Å². The van der Waals surface area contributed by atoms with Crippen LogP contribution in [-0.2, 0) is 9.59 Å². The number of nitro groups is 1. The van der Waals surface area contributed by atoms with Gasteiger partial charge in [-0.1, -0.05) is 0 Å². The second-order valence-electron chi connectivity index (χ2n) is 3.78. The maximum absolute atomic E-state index is 10.8. The summed E-state index contributed by atoms with van der Waals surface area (Å²) >= 11 is 0. The lowest BCUT2D eigenvalue weighted by atomic mass is 10.2. The highest BCUT2D eigenvalue weighted by Gasteiger charge is 2.10. The van der Waals surface area contributed by atoms with Crippen LogP contribution in [-0.4, -0.2) is 28.4 Å². The van der Waals surface area contributed by atoms with Crippen LogP contribution in [0.3, 0.4) is 0 Å². The molecule has 0 amide bonds. The lowest BCUT2D eigenvalue weighted by Gasteiger charge is -2.04. The van der Waals surface area contributed by atoms with Crippen LogP contribution in [0.15, 0.2) is 24.3 Å². The van der Waals surface area contributed by atoms with Gasteiger partial charge < -0.3 is 9.84 Å². The van der Waals surface area contributed by atoms with E-state index in [1.807, 2.05) is 0 Å². The predicted molar refractivity (Wildman–Crippen MR) is 65.1 cm³/mol. The maximum atomic E-state index is 10.8. The summed E-state index contributed by atoms with van der Waals surface area (Å²) in [6.45, 7) is 0.324. The molecule has 7 nitrogen and oxygen atoms in total. The van der Waals surface area contributed by atoms with Crippen LogP contribution in [0, 0.1) is 10.1 Å². The molecule has 1 N–H and O–H groups in total. The van der Waals surface area contributed by atoms with E-state index >= 15 is 0 Å². The van der Waals surface area contributed by atoms with E-state index in [1.165, 1.54) is 24.3 Å². The van der Waals surface area contributed by atoms with Crippen LogP contribution >= 0.6 is 0 Å². The number of ketones is 1. The van der Waals surface area contributed by atoms with E-state index in [2.05, 4.69) is 0 Å². The molecular weight excluding hydrogens is 254 g/mol. The van der Waals surface area contributed by atoms with Gasteiger partial charge in [-0.25, -0.2) is 4.79 Å². The lowest BCUT2D eigenvalue weighted by Crippen LogP contribution is -2.12. The summed E-state index contributed by atoms with van der Waals surface area (Å²) < 4.78 is 5.30. The molecule has 0 bridgehead atoms. The Kier molecular flexibility index (Phi) is 5.46. The number of nitro benzene ring substituents is 1. The molecule has 0 aromatic heterocycles. The van der Waals surface area contributed by atoms with Gasteiger partial charge in [0, 0.05) is 18.6 Å². The third kappa shape index (κ3) is 5.15. The van der Waals surface area contributed by atoms with Crippen molar-refractivity contribution in [2.45, 2.75) is 19.3 Å². The average molecular weight is 267 g/mol. The fourth-order valence-corrected chi connectivity index (χ4v) is 1.35. The number of carboxylic acid groups (broad SMARTS) is 1. The molecule has 0 aliphatic rings. The maximum Gasteiger partial charge on any atom is 0.372 e. The summed E-state index contributed by atoms with van der Waals surface area (Å²) in [5.74, 6) is -1.73. The number of carboxylic acids is 1. The van der Waals surface area contributed by atoms with Gasteiger partial charge in [0.25, 0.3) is 5.69 Å². The first-order valence-electron chi connectivity index (χ1n) is 5.64. The van der Waals surface area contributed by atoms with Crippen molar-refractivity contribution in [1.82, 2.24) is 0 Å². The van der Waals surface area contributed by atoms with Crippen LogP contribution in [0.5, 0.6) is 5.75 Å². The first-order chi connectivity index (χ1) is 9.00. The highest BCUT2D eigenvalue weighted by Crippen LogP contribution is 2.17. The normalized spacial score (nSPS) is 9.89. The monoisotopic (exact) mass is 267 g/mol. The molecule has 1 aromatic rings. The fourth-order valence-electron chi connectivity index (χ4n) is 1.35. The average Bonchev–Trinajstić information content (AvgIpc) is 2.38. The molecule has 102 valence electrons. The predicted octanol–water partition coefficient (Wildman–Crippen LogP) is 1.80. The van der Waals surface area contributed by atoms with Crippen LogP contribution in [0.25, 0.3) is 0 Å². The highest BCUT2D eigenvalue weighted by atomic mass is 16.6.